The Morgan fingerprint density at radius 2 is 2.30 bits per heavy atom. The van der Waals surface area contributed by atoms with Crippen molar-refractivity contribution in [2.45, 2.75) is 32.6 Å². The summed E-state index contributed by atoms with van der Waals surface area (Å²) in [5.74, 6) is 0.591. The number of rotatable bonds is 2. The summed E-state index contributed by atoms with van der Waals surface area (Å²) >= 11 is 3.52. The molecule has 0 bridgehead atoms. The van der Waals surface area contributed by atoms with E-state index in [1.54, 1.807) is 29.6 Å². The number of hydrogen-bond acceptors (Lipinski definition) is 4. The quantitative estimate of drug-likeness (QED) is 0.843. The zero-order valence-electron chi connectivity index (χ0n) is 11.8. The molecule has 0 unspecified atom stereocenters. The van der Waals surface area contributed by atoms with Crippen LogP contribution in [-0.2, 0) is 4.79 Å². The van der Waals surface area contributed by atoms with Crippen LogP contribution in [0.2, 0.25) is 0 Å². The second-order valence-electron chi connectivity index (χ2n) is 5.29. The van der Waals surface area contributed by atoms with E-state index in [-0.39, 0.29) is 5.91 Å². The molecule has 0 saturated carbocycles. The van der Waals surface area contributed by atoms with Gasteiger partial charge in [-0.2, -0.15) is 0 Å². The number of nitrogens with zero attached hydrogens (tertiary/aromatic N) is 2. The normalized spacial score (nSPS) is 19.3. The standard InChI is InChI=1S/C15H18N2OS2/c1-10-5-6-14(20-10)13-9-19-15(16-13)12-4-3-7-17(8-12)11(2)18/h5-6,9,12H,3-4,7-8H2,1-2H3/t12-/m1/s1. The predicted octanol–water partition coefficient (Wildman–Crippen LogP) is 3.91. The number of piperidine rings is 1. The van der Waals surface area contributed by atoms with E-state index in [2.05, 4.69) is 24.4 Å². The first kappa shape index (κ1) is 13.8. The van der Waals surface area contributed by atoms with Crippen molar-refractivity contribution in [1.82, 2.24) is 9.88 Å². The van der Waals surface area contributed by atoms with Crippen molar-refractivity contribution in [1.29, 1.82) is 0 Å². The number of aromatic nitrogens is 1. The number of likely N-dealkylation sites (tertiary alicyclic amines) is 1. The molecule has 1 atom stereocenters. The lowest BCUT2D eigenvalue weighted by atomic mass is 9.99. The number of thiophene rings is 1. The van der Waals surface area contributed by atoms with Crippen LogP contribution in [0.3, 0.4) is 0 Å². The number of carbonyl (C=O) groups is 1. The third-order valence-corrected chi connectivity index (χ3v) is 5.76. The Morgan fingerprint density at radius 3 is 3.00 bits per heavy atom. The minimum atomic E-state index is 0.181. The molecule has 0 aliphatic carbocycles. The molecule has 2 aromatic rings. The minimum Gasteiger partial charge on any atom is -0.342 e. The van der Waals surface area contributed by atoms with E-state index in [1.807, 2.05) is 4.90 Å². The highest BCUT2D eigenvalue weighted by atomic mass is 32.1. The largest absolute Gasteiger partial charge is 0.342 e. The molecule has 1 amide bonds. The summed E-state index contributed by atoms with van der Waals surface area (Å²) in [5.41, 5.74) is 1.09. The lowest BCUT2D eigenvalue weighted by molar-refractivity contribution is -0.130. The zero-order chi connectivity index (χ0) is 14.1. The van der Waals surface area contributed by atoms with Crippen molar-refractivity contribution in [3.05, 3.63) is 27.4 Å². The van der Waals surface area contributed by atoms with E-state index in [1.165, 1.54) is 14.8 Å². The molecule has 1 aliphatic rings. The average molecular weight is 306 g/mol. The molecular formula is C15H18N2OS2. The second-order valence-corrected chi connectivity index (χ2v) is 7.46. The number of hydrogen-bond donors (Lipinski definition) is 0. The topological polar surface area (TPSA) is 33.2 Å². The molecule has 20 heavy (non-hydrogen) atoms. The van der Waals surface area contributed by atoms with Gasteiger partial charge in [-0.05, 0) is 31.9 Å². The monoisotopic (exact) mass is 306 g/mol. The molecule has 0 radical (unpaired) electrons. The molecule has 3 heterocycles. The van der Waals surface area contributed by atoms with Gasteiger partial charge in [0.05, 0.1) is 15.6 Å². The van der Waals surface area contributed by atoms with Crippen LogP contribution in [0.15, 0.2) is 17.5 Å². The summed E-state index contributed by atoms with van der Waals surface area (Å²) in [5, 5.41) is 3.32. The van der Waals surface area contributed by atoms with Gasteiger partial charge in [-0.15, -0.1) is 22.7 Å². The van der Waals surface area contributed by atoms with Gasteiger partial charge >= 0.3 is 0 Å². The van der Waals surface area contributed by atoms with Crippen LogP contribution in [0, 0.1) is 6.92 Å². The van der Waals surface area contributed by atoms with Crippen molar-refractivity contribution < 1.29 is 4.79 Å². The maximum Gasteiger partial charge on any atom is 0.219 e. The third kappa shape index (κ3) is 2.79. The van der Waals surface area contributed by atoms with Crippen molar-refractivity contribution in [2.24, 2.45) is 0 Å². The Balaban J connectivity index is 1.78. The van der Waals surface area contributed by atoms with Crippen molar-refractivity contribution in [2.75, 3.05) is 13.1 Å². The van der Waals surface area contributed by atoms with Crippen LogP contribution < -0.4 is 0 Å². The average Bonchev–Trinajstić information content (AvgIpc) is 3.07. The molecule has 106 valence electrons. The molecule has 1 saturated heterocycles. The Hall–Kier alpha value is -1.20. The molecule has 0 aromatic carbocycles. The van der Waals surface area contributed by atoms with Crippen LogP contribution in [0.25, 0.3) is 10.6 Å². The highest BCUT2D eigenvalue weighted by molar-refractivity contribution is 7.16. The van der Waals surface area contributed by atoms with Crippen LogP contribution in [0.1, 0.15) is 35.6 Å². The second kappa shape index (κ2) is 5.66. The Labute approximate surface area is 127 Å². The first-order chi connectivity index (χ1) is 9.63. The van der Waals surface area contributed by atoms with E-state index in [0.717, 1.165) is 31.6 Å². The van der Waals surface area contributed by atoms with Crippen LogP contribution in [0.5, 0.6) is 0 Å². The Morgan fingerprint density at radius 1 is 1.45 bits per heavy atom. The third-order valence-electron chi connectivity index (χ3n) is 3.73. The summed E-state index contributed by atoms with van der Waals surface area (Å²) in [6.07, 6.45) is 2.22. The fourth-order valence-electron chi connectivity index (χ4n) is 2.63. The maximum absolute atomic E-state index is 11.5. The molecule has 5 heteroatoms. The van der Waals surface area contributed by atoms with Gasteiger partial charge in [0.25, 0.3) is 0 Å². The summed E-state index contributed by atoms with van der Waals surface area (Å²) in [6, 6.07) is 4.28. The highest BCUT2D eigenvalue weighted by Crippen LogP contribution is 2.34. The number of amides is 1. The molecule has 2 aromatic heterocycles. The SMILES string of the molecule is CC(=O)N1CCC[C@@H](c2nc(-c3ccc(C)s3)cs2)C1. The number of carbonyl (C=O) groups excluding carboxylic acids is 1. The highest BCUT2D eigenvalue weighted by Gasteiger charge is 2.25. The summed E-state index contributed by atoms with van der Waals surface area (Å²) in [6.45, 7) is 5.50. The van der Waals surface area contributed by atoms with Crippen molar-refractivity contribution in [3.63, 3.8) is 0 Å². The summed E-state index contributed by atoms with van der Waals surface area (Å²) in [4.78, 5) is 20.8. The van der Waals surface area contributed by atoms with Gasteiger partial charge in [0, 0.05) is 36.2 Å². The van der Waals surface area contributed by atoms with Gasteiger partial charge in [0.2, 0.25) is 5.91 Å². The van der Waals surface area contributed by atoms with Gasteiger partial charge in [0.1, 0.15) is 0 Å². The fraction of sp³-hybridized carbons (Fsp3) is 0.467. The molecule has 0 N–H and O–H groups in total. The molecule has 3 nitrogen and oxygen atoms in total. The van der Waals surface area contributed by atoms with E-state index in [4.69, 9.17) is 4.98 Å². The van der Waals surface area contributed by atoms with Gasteiger partial charge in [-0.25, -0.2) is 4.98 Å². The fourth-order valence-corrected chi connectivity index (χ4v) is 4.48. The molecule has 3 rings (SSSR count). The van der Waals surface area contributed by atoms with Crippen molar-refractivity contribution in [3.8, 4) is 10.6 Å². The van der Waals surface area contributed by atoms with Crippen LogP contribution in [0.4, 0.5) is 0 Å². The minimum absolute atomic E-state index is 0.181. The van der Waals surface area contributed by atoms with E-state index >= 15 is 0 Å². The smallest absolute Gasteiger partial charge is 0.219 e. The van der Waals surface area contributed by atoms with Crippen LogP contribution >= 0.6 is 22.7 Å². The molecular weight excluding hydrogens is 288 g/mol. The summed E-state index contributed by atoms with van der Waals surface area (Å²) < 4.78 is 0. The molecule has 1 aliphatic heterocycles. The lowest BCUT2D eigenvalue weighted by Gasteiger charge is -2.30. The number of thiazole rings is 1. The van der Waals surface area contributed by atoms with Crippen molar-refractivity contribution >= 4 is 28.6 Å². The first-order valence-electron chi connectivity index (χ1n) is 6.91. The van der Waals surface area contributed by atoms with E-state index in [0.29, 0.717) is 5.92 Å². The van der Waals surface area contributed by atoms with Gasteiger partial charge in [-0.1, -0.05) is 0 Å². The van der Waals surface area contributed by atoms with Gasteiger partial charge < -0.3 is 4.90 Å². The first-order valence-corrected chi connectivity index (χ1v) is 8.61. The lowest BCUT2D eigenvalue weighted by Crippen LogP contribution is -2.37. The van der Waals surface area contributed by atoms with E-state index in [9.17, 15) is 4.79 Å². The Kier molecular flexibility index (Phi) is 3.89. The van der Waals surface area contributed by atoms with Gasteiger partial charge in [0.15, 0.2) is 0 Å². The van der Waals surface area contributed by atoms with Gasteiger partial charge in [-0.3, -0.25) is 4.79 Å². The maximum atomic E-state index is 11.5. The van der Waals surface area contributed by atoms with E-state index < -0.39 is 0 Å². The number of aryl methyl sites for hydroxylation is 1. The summed E-state index contributed by atoms with van der Waals surface area (Å²) in [7, 11) is 0. The Bertz CT molecular complexity index is 617. The predicted molar refractivity (Wildman–Crippen MR) is 84.4 cm³/mol. The molecule has 1 fully saturated rings. The molecule has 0 spiro atoms. The van der Waals surface area contributed by atoms with Crippen LogP contribution in [-0.4, -0.2) is 28.9 Å². The zero-order valence-corrected chi connectivity index (χ0v) is 13.4.